The Balaban J connectivity index is 1.77. The van der Waals surface area contributed by atoms with Crippen LogP contribution in [0.2, 0.25) is 0 Å². The van der Waals surface area contributed by atoms with Gasteiger partial charge in [-0.3, -0.25) is 9.36 Å². The van der Waals surface area contributed by atoms with Gasteiger partial charge in [-0.05, 0) is 49.1 Å². The van der Waals surface area contributed by atoms with Gasteiger partial charge in [0.05, 0.1) is 29.0 Å². The van der Waals surface area contributed by atoms with E-state index in [0.717, 1.165) is 10.4 Å². The van der Waals surface area contributed by atoms with Gasteiger partial charge in [0.25, 0.3) is 5.56 Å². The first-order valence-corrected chi connectivity index (χ1v) is 13.5. The monoisotopic (exact) mass is 532 g/mol. The van der Waals surface area contributed by atoms with Crippen molar-refractivity contribution in [3.8, 4) is 11.5 Å². The number of hydrogen-bond acceptors (Lipinski definition) is 8. The van der Waals surface area contributed by atoms with Crippen molar-refractivity contribution in [1.29, 1.82) is 0 Å². The van der Waals surface area contributed by atoms with Crippen LogP contribution in [0.3, 0.4) is 0 Å². The molecule has 2 aromatic heterocycles. The Hall–Kier alpha value is -3.95. The number of thiophene rings is 1. The predicted octanol–water partition coefficient (Wildman–Crippen LogP) is 4.10. The average molecular weight is 533 g/mol. The number of phenolic OH excluding ortho intramolecular Hbond substituents is 1. The number of aromatic hydroxyl groups is 1. The zero-order valence-corrected chi connectivity index (χ0v) is 21.8. The number of ether oxygens (including phenoxy) is 2. The number of aromatic nitrogens is 1. The minimum Gasteiger partial charge on any atom is -0.504 e. The lowest BCUT2D eigenvalue weighted by molar-refractivity contribution is -0.138. The zero-order valence-electron chi connectivity index (χ0n) is 20.2. The third kappa shape index (κ3) is 4.75. The lowest BCUT2D eigenvalue weighted by atomic mass is 9.97. The number of esters is 1. The number of fused-ring (bicyclic) bond motifs is 1. The third-order valence-electron chi connectivity index (χ3n) is 5.77. The molecule has 7 nitrogen and oxygen atoms in total. The van der Waals surface area contributed by atoms with Crippen molar-refractivity contribution in [2.45, 2.75) is 19.9 Å². The highest BCUT2D eigenvalue weighted by atomic mass is 32.1. The molecule has 3 heterocycles. The van der Waals surface area contributed by atoms with Crippen LogP contribution in [-0.4, -0.2) is 28.9 Å². The largest absolute Gasteiger partial charge is 0.504 e. The normalized spacial score (nSPS) is 15.3. The first-order valence-electron chi connectivity index (χ1n) is 11.8. The SMILES string of the molecule is CCOC(=O)C1=C(c2ccccc2)N=c2sc(=Cc3ccc(O)c(OCC)c3)c(=O)n2C1c1cccs1. The molecule has 0 aliphatic carbocycles. The van der Waals surface area contributed by atoms with Crippen LogP contribution in [0.15, 0.2) is 81.4 Å². The predicted molar refractivity (Wildman–Crippen MR) is 145 cm³/mol. The zero-order chi connectivity index (χ0) is 25.9. The number of nitrogens with zero attached hydrogens (tertiary/aromatic N) is 2. The smallest absolute Gasteiger partial charge is 0.338 e. The molecule has 0 bridgehead atoms. The van der Waals surface area contributed by atoms with E-state index in [1.807, 2.05) is 54.8 Å². The summed E-state index contributed by atoms with van der Waals surface area (Å²) in [6.07, 6.45) is 1.74. The Kier molecular flexibility index (Phi) is 7.07. The molecule has 9 heteroatoms. The molecular formula is C28H24N2O5S2. The first kappa shape index (κ1) is 24.7. The van der Waals surface area contributed by atoms with Crippen molar-refractivity contribution >= 4 is 40.4 Å². The van der Waals surface area contributed by atoms with Gasteiger partial charge in [0.2, 0.25) is 0 Å². The molecular weight excluding hydrogens is 508 g/mol. The number of rotatable bonds is 7. The minimum atomic E-state index is -0.675. The number of benzene rings is 2. The van der Waals surface area contributed by atoms with E-state index in [4.69, 9.17) is 14.5 Å². The summed E-state index contributed by atoms with van der Waals surface area (Å²) < 4.78 is 13.0. The summed E-state index contributed by atoms with van der Waals surface area (Å²) in [6, 6.07) is 17.5. The Morgan fingerprint density at radius 1 is 1.11 bits per heavy atom. The van der Waals surface area contributed by atoms with Crippen LogP contribution in [0.1, 0.15) is 35.9 Å². The summed E-state index contributed by atoms with van der Waals surface area (Å²) in [4.78, 5) is 33.3. The molecule has 1 aliphatic rings. The Labute approximate surface area is 220 Å². The summed E-state index contributed by atoms with van der Waals surface area (Å²) in [5, 5.41) is 12.0. The maximum absolute atomic E-state index is 13.8. The summed E-state index contributed by atoms with van der Waals surface area (Å²) >= 11 is 2.72. The lowest BCUT2D eigenvalue weighted by Gasteiger charge is -2.24. The maximum atomic E-state index is 13.8. The second-order valence-corrected chi connectivity index (χ2v) is 10.1. The Morgan fingerprint density at radius 2 is 1.92 bits per heavy atom. The van der Waals surface area contributed by atoms with E-state index in [1.165, 1.54) is 28.7 Å². The van der Waals surface area contributed by atoms with Crippen LogP contribution in [0.5, 0.6) is 11.5 Å². The van der Waals surface area contributed by atoms with E-state index in [2.05, 4.69) is 0 Å². The standard InChI is InChI=1S/C28H24N2O5S2/c1-3-34-20-15-17(12-13-19(20)31)16-22-26(32)30-25(21-11-8-14-36-21)23(27(33)35-4-2)24(29-28(30)37-22)18-9-6-5-7-10-18/h5-16,25,31H,3-4H2,1-2H3. The van der Waals surface area contributed by atoms with E-state index in [1.54, 1.807) is 29.7 Å². The van der Waals surface area contributed by atoms with E-state index in [-0.39, 0.29) is 17.9 Å². The number of hydrogen-bond donors (Lipinski definition) is 1. The van der Waals surface area contributed by atoms with Gasteiger partial charge in [-0.15, -0.1) is 11.3 Å². The molecule has 1 unspecified atom stereocenters. The fraction of sp³-hybridized carbons (Fsp3) is 0.179. The minimum absolute atomic E-state index is 0.0322. The fourth-order valence-electron chi connectivity index (χ4n) is 4.20. The van der Waals surface area contributed by atoms with Crippen molar-refractivity contribution in [3.05, 3.63) is 107 Å². The highest BCUT2D eigenvalue weighted by Gasteiger charge is 2.35. The number of carbonyl (C=O) groups is 1. The number of phenols is 1. The number of carbonyl (C=O) groups excluding carboxylic acids is 1. The van der Waals surface area contributed by atoms with Crippen molar-refractivity contribution in [2.75, 3.05) is 13.2 Å². The van der Waals surface area contributed by atoms with Gasteiger partial charge < -0.3 is 14.6 Å². The van der Waals surface area contributed by atoms with Gasteiger partial charge in [0.15, 0.2) is 16.3 Å². The summed E-state index contributed by atoms with van der Waals surface area (Å²) in [7, 11) is 0. The quantitative estimate of drug-likeness (QED) is 0.362. The van der Waals surface area contributed by atoms with Gasteiger partial charge in [-0.2, -0.15) is 0 Å². The molecule has 0 radical (unpaired) electrons. The Bertz CT molecular complexity index is 1650. The summed E-state index contributed by atoms with van der Waals surface area (Å²) in [5.41, 5.74) is 2.03. The molecule has 0 saturated carbocycles. The van der Waals surface area contributed by atoms with Crippen LogP contribution in [0.4, 0.5) is 0 Å². The molecule has 2 aromatic carbocycles. The van der Waals surface area contributed by atoms with Crippen LogP contribution in [-0.2, 0) is 9.53 Å². The molecule has 0 fully saturated rings. The first-order chi connectivity index (χ1) is 18.0. The molecule has 0 saturated heterocycles. The highest BCUT2D eigenvalue weighted by Crippen LogP contribution is 2.36. The van der Waals surface area contributed by atoms with Crippen molar-refractivity contribution in [2.24, 2.45) is 4.99 Å². The molecule has 188 valence electrons. The van der Waals surface area contributed by atoms with Gasteiger partial charge >= 0.3 is 5.97 Å². The van der Waals surface area contributed by atoms with Gasteiger partial charge in [0, 0.05) is 10.4 Å². The molecule has 1 N–H and O–H groups in total. The van der Waals surface area contributed by atoms with Crippen molar-refractivity contribution in [3.63, 3.8) is 0 Å². The lowest BCUT2D eigenvalue weighted by Crippen LogP contribution is -2.39. The highest BCUT2D eigenvalue weighted by molar-refractivity contribution is 7.10. The average Bonchev–Trinajstić information content (AvgIpc) is 3.54. The molecule has 1 aliphatic heterocycles. The van der Waals surface area contributed by atoms with Crippen molar-refractivity contribution < 1.29 is 19.4 Å². The van der Waals surface area contributed by atoms with Gasteiger partial charge in [0.1, 0.15) is 6.04 Å². The van der Waals surface area contributed by atoms with Crippen molar-refractivity contribution in [1.82, 2.24) is 4.57 Å². The van der Waals surface area contributed by atoms with E-state index in [9.17, 15) is 14.7 Å². The third-order valence-corrected chi connectivity index (χ3v) is 7.68. The van der Waals surface area contributed by atoms with E-state index >= 15 is 0 Å². The topological polar surface area (TPSA) is 90.1 Å². The summed E-state index contributed by atoms with van der Waals surface area (Å²) in [6.45, 7) is 4.19. The second kappa shape index (κ2) is 10.6. The molecule has 5 rings (SSSR count). The molecule has 0 spiro atoms. The van der Waals surface area contributed by atoms with Crippen LogP contribution < -0.4 is 19.6 Å². The van der Waals surface area contributed by atoms with Crippen LogP contribution in [0.25, 0.3) is 11.8 Å². The number of thiazole rings is 1. The molecule has 4 aromatic rings. The van der Waals surface area contributed by atoms with Gasteiger partial charge in [-0.1, -0.05) is 53.8 Å². The second-order valence-electron chi connectivity index (χ2n) is 8.11. The van der Waals surface area contributed by atoms with E-state index < -0.39 is 12.0 Å². The van der Waals surface area contributed by atoms with E-state index in [0.29, 0.717) is 38.5 Å². The molecule has 1 atom stereocenters. The fourth-order valence-corrected chi connectivity index (χ4v) is 6.02. The van der Waals surface area contributed by atoms with Gasteiger partial charge in [-0.25, -0.2) is 9.79 Å². The maximum Gasteiger partial charge on any atom is 0.338 e. The Morgan fingerprint density at radius 3 is 2.62 bits per heavy atom. The molecule has 37 heavy (non-hydrogen) atoms. The molecule has 0 amide bonds. The summed E-state index contributed by atoms with van der Waals surface area (Å²) in [5.74, 6) is -0.126. The van der Waals surface area contributed by atoms with Crippen LogP contribution in [0, 0.1) is 0 Å². The van der Waals surface area contributed by atoms with Crippen LogP contribution >= 0.6 is 22.7 Å².